The molecular formula is C20H23N3O2S. The Kier molecular flexibility index (Phi) is 5.42. The second-order valence-electron chi connectivity index (χ2n) is 6.85. The van der Waals surface area contributed by atoms with Crippen molar-refractivity contribution in [3.63, 3.8) is 0 Å². The van der Waals surface area contributed by atoms with Crippen LogP contribution in [0.15, 0.2) is 59.5 Å². The molecule has 1 aliphatic rings. The van der Waals surface area contributed by atoms with E-state index in [0.717, 1.165) is 6.54 Å². The van der Waals surface area contributed by atoms with Crippen LogP contribution in [0, 0.1) is 11.3 Å². The van der Waals surface area contributed by atoms with Crippen LogP contribution < -0.4 is 0 Å². The van der Waals surface area contributed by atoms with Gasteiger partial charge < -0.3 is 0 Å². The number of hydrogen-bond acceptors (Lipinski definition) is 4. The van der Waals surface area contributed by atoms with Crippen LogP contribution in [0.3, 0.4) is 0 Å². The molecule has 0 radical (unpaired) electrons. The summed E-state index contributed by atoms with van der Waals surface area (Å²) in [6, 6.07) is 18.2. The van der Waals surface area contributed by atoms with Crippen LogP contribution in [0.1, 0.15) is 25.0 Å². The van der Waals surface area contributed by atoms with Gasteiger partial charge in [-0.25, -0.2) is 8.42 Å². The Hall–Kier alpha value is -2.20. The average molecular weight is 369 g/mol. The zero-order valence-electron chi connectivity index (χ0n) is 15.0. The normalized spacial score (nSPS) is 22.0. The summed E-state index contributed by atoms with van der Waals surface area (Å²) in [4.78, 5) is 2.48. The van der Waals surface area contributed by atoms with Crippen LogP contribution >= 0.6 is 0 Å². The van der Waals surface area contributed by atoms with Crippen molar-refractivity contribution in [3.8, 4) is 6.07 Å². The molecule has 1 saturated heterocycles. The van der Waals surface area contributed by atoms with E-state index < -0.39 is 10.0 Å². The molecular weight excluding hydrogens is 346 g/mol. The lowest BCUT2D eigenvalue weighted by Crippen LogP contribution is -2.58. The molecule has 6 heteroatoms. The molecule has 26 heavy (non-hydrogen) atoms. The number of nitriles is 1. The van der Waals surface area contributed by atoms with E-state index in [2.05, 4.69) is 17.0 Å². The summed E-state index contributed by atoms with van der Waals surface area (Å²) in [6.45, 7) is 6.05. The zero-order chi connectivity index (χ0) is 18.7. The van der Waals surface area contributed by atoms with Gasteiger partial charge in [0.25, 0.3) is 0 Å². The number of hydrogen-bond donors (Lipinski definition) is 0. The Morgan fingerprint density at radius 3 is 2.31 bits per heavy atom. The van der Waals surface area contributed by atoms with Crippen molar-refractivity contribution in [2.24, 2.45) is 0 Å². The summed E-state index contributed by atoms with van der Waals surface area (Å²) in [5.74, 6) is 0. The topological polar surface area (TPSA) is 64.4 Å². The van der Waals surface area contributed by atoms with E-state index in [1.807, 2.05) is 38.1 Å². The Morgan fingerprint density at radius 2 is 1.69 bits per heavy atom. The Morgan fingerprint density at radius 1 is 1.04 bits per heavy atom. The van der Waals surface area contributed by atoms with E-state index >= 15 is 0 Å². The van der Waals surface area contributed by atoms with Gasteiger partial charge in [0.2, 0.25) is 10.0 Å². The Balaban J connectivity index is 1.80. The molecule has 2 aromatic carbocycles. The summed E-state index contributed by atoms with van der Waals surface area (Å²) >= 11 is 0. The first-order valence-electron chi connectivity index (χ1n) is 8.72. The highest BCUT2D eigenvalue weighted by Crippen LogP contribution is 2.26. The summed E-state index contributed by atoms with van der Waals surface area (Å²) in [5.41, 5.74) is 1.58. The molecule has 0 aromatic heterocycles. The molecule has 5 nitrogen and oxygen atoms in total. The van der Waals surface area contributed by atoms with E-state index in [0.29, 0.717) is 18.7 Å². The first kappa shape index (κ1) is 18.6. The summed E-state index contributed by atoms with van der Waals surface area (Å²) in [7, 11) is -3.63. The highest BCUT2D eigenvalue weighted by molar-refractivity contribution is 7.89. The van der Waals surface area contributed by atoms with Crippen LogP contribution in [0.25, 0.3) is 0 Å². The van der Waals surface area contributed by atoms with Crippen LogP contribution in [0.5, 0.6) is 0 Å². The third-order valence-electron chi connectivity index (χ3n) is 4.70. The lowest BCUT2D eigenvalue weighted by Gasteiger charge is -2.43. The number of nitrogens with zero attached hydrogens (tertiary/aromatic N) is 3. The first-order chi connectivity index (χ1) is 12.4. The predicted octanol–water partition coefficient (Wildman–Crippen LogP) is 2.84. The summed E-state index contributed by atoms with van der Waals surface area (Å²) in [6.07, 6.45) is 0. The van der Waals surface area contributed by atoms with Gasteiger partial charge in [0.05, 0.1) is 16.5 Å². The first-order valence-corrected chi connectivity index (χ1v) is 10.2. The molecule has 1 fully saturated rings. The van der Waals surface area contributed by atoms with Crippen molar-refractivity contribution in [3.05, 3.63) is 65.7 Å². The van der Waals surface area contributed by atoms with Crippen molar-refractivity contribution in [1.82, 2.24) is 9.21 Å². The highest BCUT2D eigenvalue weighted by atomic mass is 32.2. The number of piperazine rings is 1. The third kappa shape index (κ3) is 3.80. The number of benzene rings is 2. The maximum Gasteiger partial charge on any atom is 0.243 e. The van der Waals surface area contributed by atoms with Crippen molar-refractivity contribution < 1.29 is 8.42 Å². The molecule has 2 unspecified atom stereocenters. The van der Waals surface area contributed by atoms with Crippen molar-refractivity contribution in [2.75, 3.05) is 13.1 Å². The maximum absolute atomic E-state index is 13.1. The van der Waals surface area contributed by atoms with Gasteiger partial charge in [0, 0.05) is 31.7 Å². The SMILES string of the molecule is CC1CN(Cc2ccccc2)CC(C)N1S(=O)(=O)c1cccc(C#N)c1. The highest BCUT2D eigenvalue weighted by Gasteiger charge is 2.38. The van der Waals surface area contributed by atoms with Crippen LogP contribution in [0.2, 0.25) is 0 Å². The lowest BCUT2D eigenvalue weighted by molar-refractivity contribution is 0.0963. The predicted molar refractivity (Wildman–Crippen MR) is 101 cm³/mol. The van der Waals surface area contributed by atoms with Gasteiger partial charge in [-0.2, -0.15) is 9.57 Å². The molecule has 0 aliphatic carbocycles. The molecule has 3 rings (SSSR count). The van der Waals surface area contributed by atoms with Crippen molar-refractivity contribution >= 4 is 10.0 Å². The molecule has 1 aliphatic heterocycles. The van der Waals surface area contributed by atoms with Gasteiger partial charge >= 0.3 is 0 Å². The van der Waals surface area contributed by atoms with Crippen molar-refractivity contribution in [2.45, 2.75) is 37.4 Å². The Bertz CT molecular complexity index is 894. The second-order valence-corrected chi connectivity index (χ2v) is 8.70. The molecule has 2 atom stereocenters. The van der Waals surface area contributed by atoms with E-state index in [4.69, 9.17) is 5.26 Å². The fraction of sp³-hybridized carbons (Fsp3) is 0.350. The zero-order valence-corrected chi connectivity index (χ0v) is 15.9. The summed E-state index contributed by atoms with van der Waals surface area (Å²) in [5, 5.41) is 9.05. The minimum Gasteiger partial charge on any atom is -0.296 e. The molecule has 136 valence electrons. The fourth-order valence-corrected chi connectivity index (χ4v) is 5.56. The summed E-state index contributed by atoms with van der Waals surface area (Å²) < 4.78 is 27.9. The van der Waals surface area contributed by atoms with Crippen LogP contribution in [-0.2, 0) is 16.6 Å². The number of sulfonamides is 1. The van der Waals surface area contributed by atoms with E-state index in [9.17, 15) is 8.42 Å². The molecule has 0 saturated carbocycles. The van der Waals surface area contributed by atoms with Gasteiger partial charge in [0.1, 0.15) is 0 Å². The molecule has 0 amide bonds. The lowest BCUT2D eigenvalue weighted by atomic mass is 10.1. The molecule has 2 aromatic rings. The van der Waals surface area contributed by atoms with Crippen LogP contribution in [-0.4, -0.2) is 42.8 Å². The quantitative estimate of drug-likeness (QED) is 0.831. The molecule has 0 N–H and O–H groups in total. The van der Waals surface area contributed by atoms with Crippen LogP contribution in [0.4, 0.5) is 0 Å². The van der Waals surface area contributed by atoms with E-state index in [-0.39, 0.29) is 17.0 Å². The van der Waals surface area contributed by atoms with Crippen molar-refractivity contribution in [1.29, 1.82) is 5.26 Å². The molecule has 1 heterocycles. The van der Waals surface area contributed by atoms with Gasteiger partial charge in [-0.15, -0.1) is 0 Å². The standard InChI is InChI=1S/C20H23N3O2S/c1-16-13-22(15-18-7-4-3-5-8-18)14-17(2)23(16)26(24,25)20-10-6-9-19(11-20)12-21/h3-11,16-17H,13-15H2,1-2H3. The average Bonchev–Trinajstić information content (AvgIpc) is 2.62. The fourth-order valence-electron chi connectivity index (χ4n) is 3.71. The maximum atomic E-state index is 13.1. The number of rotatable bonds is 4. The molecule has 0 spiro atoms. The van der Waals surface area contributed by atoms with Gasteiger partial charge in [0.15, 0.2) is 0 Å². The molecule has 0 bridgehead atoms. The Labute approximate surface area is 155 Å². The van der Waals surface area contributed by atoms with E-state index in [1.54, 1.807) is 22.5 Å². The second kappa shape index (κ2) is 7.58. The van der Waals surface area contributed by atoms with Gasteiger partial charge in [-0.05, 0) is 37.6 Å². The third-order valence-corrected chi connectivity index (χ3v) is 6.83. The minimum atomic E-state index is -3.63. The van der Waals surface area contributed by atoms with Gasteiger partial charge in [-0.1, -0.05) is 36.4 Å². The van der Waals surface area contributed by atoms with E-state index in [1.165, 1.54) is 11.6 Å². The van der Waals surface area contributed by atoms with Gasteiger partial charge in [-0.3, -0.25) is 4.90 Å². The monoisotopic (exact) mass is 369 g/mol. The minimum absolute atomic E-state index is 0.141. The largest absolute Gasteiger partial charge is 0.296 e. The smallest absolute Gasteiger partial charge is 0.243 e.